The van der Waals surface area contributed by atoms with E-state index in [9.17, 15) is 0 Å². The Morgan fingerprint density at radius 3 is 2.35 bits per heavy atom. The number of rotatable bonds is 3. The van der Waals surface area contributed by atoms with Gasteiger partial charge in [0, 0.05) is 0 Å². The number of hydrogen-bond acceptors (Lipinski definition) is 2. The average molecular weight is 248 g/mol. The van der Waals surface area contributed by atoms with Crippen LogP contribution in [0, 0.1) is 0 Å². The van der Waals surface area contributed by atoms with Crippen LogP contribution in [0.25, 0.3) is 0 Å². The maximum atomic E-state index is 6.18. The largest absolute Gasteiger partial charge is 0.495 e. The van der Waals surface area contributed by atoms with Crippen molar-refractivity contribution in [3.8, 4) is 5.75 Å². The van der Waals surface area contributed by atoms with Crippen molar-refractivity contribution in [1.82, 2.24) is 0 Å². The predicted octanol–water partition coefficient (Wildman–Crippen LogP) is 3.40. The van der Waals surface area contributed by atoms with Crippen molar-refractivity contribution in [2.75, 3.05) is 7.11 Å². The van der Waals surface area contributed by atoms with Crippen LogP contribution in [0.5, 0.6) is 5.75 Å². The average Bonchev–Trinajstić information content (AvgIpc) is 2.39. The highest BCUT2D eigenvalue weighted by atomic mass is 35.5. The molecule has 0 saturated carbocycles. The minimum atomic E-state index is -0.167. The third-order valence-corrected chi connectivity index (χ3v) is 2.99. The molecule has 0 aliphatic carbocycles. The van der Waals surface area contributed by atoms with Gasteiger partial charge in [-0.25, -0.2) is 0 Å². The van der Waals surface area contributed by atoms with Gasteiger partial charge in [0.25, 0.3) is 0 Å². The third kappa shape index (κ3) is 2.60. The van der Waals surface area contributed by atoms with Gasteiger partial charge in [0.2, 0.25) is 0 Å². The smallest absolute Gasteiger partial charge is 0.137 e. The first-order valence-corrected chi connectivity index (χ1v) is 5.74. The number of ether oxygens (including phenoxy) is 1. The Morgan fingerprint density at radius 2 is 1.76 bits per heavy atom. The van der Waals surface area contributed by atoms with Crippen LogP contribution in [0.1, 0.15) is 17.2 Å². The van der Waals surface area contributed by atoms with Crippen molar-refractivity contribution in [2.45, 2.75) is 6.04 Å². The molecular formula is C14H14ClNO. The second kappa shape index (κ2) is 5.21. The molecule has 0 radical (unpaired) electrons. The molecule has 0 aliphatic rings. The fourth-order valence-electron chi connectivity index (χ4n) is 1.73. The van der Waals surface area contributed by atoms with Crippen LogP contribution in [0.2, 0.25) is 5.02 Å². The van der Waals surface area contributed by atoms with Crippen LogP contribution in [0.4, 0.5) is 0 Å². The van der Waals surface area contributed by atoms with Crippen molar-refractivity contribution in [1.29, 1.82) is 0 Å². The lowest BCUT2D eigenvalue weighted by atomic mass is 10.00. The Balaban J connectivity index is 2.32. The third-order valence-electron chi connectivity index (χ3n) is 2.69. The molecule has 0 spiro atoms. The summed E-state index contributed by atoms with van der Waals surface area (Å²) in [6.45, 7) is 0. The minimum absolute atomic E-state index is 0.167. The molecule has 2 aromatic carbocycles. The van der Waals surface area contributed by atoms with Gasteiger partial charge in [-0.05, 0) is 23.3 Å². The van der Waals surface area contributed by atoms with Gasteiger partial charge in [-0.2, -0.15) is 0 Å². The Hall–Kier alpha value is -1.51. The Labute approximate surface area is 106 Å². The summed E-state index contributed by atoms with van der Waals surface area (Å²) in [5.74, 6) is 0.663. The molecule has 2 aromatic rings. The standard InChI is InChI=1S/C14H14ClNO/c1-17-13-8-7-11(9-12(13)15)14(16)10-5-3-2-4-6-10/h2-9,14H,16H2,1H3. The van der Waals surface area contributed by atoms with Crippen LogP contribution in [0.15, 0.2) is 48.5 Å². The first-order chi connectivity index (χ1) is 8.22. The molecule has 2 rings (SSSR count). The second-order valence-corrected chi connectivity index (χ2v) is 4.19. The van der Waals surface area contributed by atoms with Crippen LogP contribution in [-0.4, -0.2) is 7.11 Å². The summed E-state index contributed by atoms with van der Waals surface area (Å²) in [5.41, 5.74) is 8.21. The van der Waals surface area contributed by atoms with E-state index >= 15 is 0 Å². The molecule has 2 N–H and O–H groups in total. The monoisotopic (exact) mass is 247 g/mol. The lowest BCUT2D eigenvalue weighted by molar-refractivity contribution is 0.415. The highest BCUT2D eigenvalue weighted by Crippen LogP contribution is 2.29. The fraction of sp³-hybridized carbons (Fsp3) is 0.143. The summed E-state index contributed by atoms with van der Waals surface area (Å²) < 4.78 is 5.11. The zero-order valence-corrected chi connectivity index (χ0v) is 10.3. The van der Waals surface area contributed by atoms with Crippen LogP contribution in [-0.2, 0) is 0 Å². The number of benzene rings is 2. The van der Waals surface area contributed by atoms with E-state index in [1.54, 1.807) is 7.11 Å². The lowest BCUT2D eigenvalue weighted by Crippen LogP contribution is -2.11. The first kappa shape index (κ1) is 12.0. The molecule has 88 valence electrons. The van der Waals surface area contributed by atoms with Crippen LogP contribution < -0.4 is 10.5 Å². The molecule has 17 heavy (non-hydrogen) atoms. The van der Waals surface area contributed by atoms with E-state index in [0.29, 0.717) is 10.8 Å². The van der Waals surface area contributed by atoms with Crippen molar-refractivity contribution in [2.24, 2.45) is 5.73 Å². The van der Waals surface area contributed by atoms with E-state index in [4.69, 9.17) is 22.1 Å². The van der Waals surface area contributed by atoms with Gasteiger partial charge in [-0.15, -0.1) is 0 Å². The van der Waals surface area contributed by atoms with Crippen LogP contribution >= 0.6 is 11.6 Å². The zero-order valence-electron chi connectivity index (χ0n) is 9.56. The normalized spacial score (nSPS) is 12.2. The van der Waals surface area contributed by atoms with Crippen LogP contribution in [0.3, 0.4) is 0 Å². The number of methoxy groups -OCH3 is 1. The highest BCUT2D eigenvalue weighted by molar-refractivity contribution is 6.32. The summed E-state index contributed by atoms with van der Waals surface area (Å²) >= 11 is 6.08. The minimum Gasteiger partial charge on any atom is -0.495 e. The molecule has 0 amide bonds. The van der Waals surface area contributed by atoms with Crippen molar-refractivity contribution in [3.63, 3.8) is 0 Å². The Kier molecular flexibility index (Phi) is 3.67. The van der Waals surface area contributed by atoms with Gasteiger partial charge in [0.1, 0.15) is 5.75 Å². The van der Waals surface area contributed by atoms with E-state index in [1.165, 1.54) is 0 Å². The Morgan fingerprint density at radius 1 is 1.06 bits per heavy atom. The van der Waals surface area contributed by atoms with Gasteiger partial charge in [-0.1, -0.05) is 48.0 Å². The lowest BCUT2D eigenvalue weighted by Gasteiger charge is -2.13. The molecule has 0 aliphatic heterocycles. The van der Waals surface area contributed by atoms with Crippen molar-refractivity contribution in [3.05, 3.63) is 64.7 Å². The van der Waals surface area contributed by atoms with Gasteiger partial charge < -0.3 is 10.5 Å². The molecule has 0 aromatic heterocycles. The molecule has 0 saturated heterocycles. The molecule has 0 fully saturated rings. The highest BCUT2D eigenvalue weighted by Gasteiger charge is 2.10. The topological polar surface area (TPSA) is 35.2 Å². The molecule has 1 unspecified atom stereocenters. The molecule has 2 nitrogen and oxygen atoms in total. The van der Waals surface area contributed by atoms with Crippen molar-refractivity contribution < 1.29 is 4.74 Å². The van der Waals surface area contributed by atoms with Gasteiger partial charge >= 0.3 is 0 Å². The summed E-state index contributed by atoms with van der Waals surface area (Å²) in [5, 5.41) is 0.580. The predicted molar refractivity (Wildman–Crippen MR) is 70.5 cm³/mol. The summed E-state index contributed by atoms with van der Waals surface area (Å²) in [6, 6.07) is 15.4. The Bertz CT molecular complexity index is 499. The van der Waals surface area contributed by atoms with Gasteiger partial charge in [0.05, 0.1) is 18.2 Å². The molecule has 0 bridgehead atoms. The summed E-state index contributed by atoms with van der Waals surface area (Å²) in [4.78, 5) is 0. The maximum absolute atomic E-state index is 6.18. The number of hydrogen-bond donors (Lipinski definition) is 1. The van der Waals surface area contributed by atoms with Crippen molar-refractivity contribution >= 4 is 11.6 Å². The van der Waals surface area contributed by atoms with Gasteiger partial charge in [-0.3, -0.25) is 0 Å². The molecule has 0 heterocycles. The van der Waals surface area contributed by atoms with E-state index in [2.05, 4.69) is 0 Å². The maximum Gasteiger partial charge on any atom is 0.137 e. The quantitative estimate of drug-likeness (QED) is 0.902. The van der Waals surface area contributed by atoms with Gasteiger partial charge in [0.15, 0.2) is 0 Å². The first-order valence-electron chi connectivity index (χ1n) is 5.36. The van der Waals surface area contributed by atoms with E-state index in [-0.39, 0.29) is 6.04 Å². The SMILES string of the molecule is COc1ccc(C(N)c2ccccc2)cc1Cl. The number of halogens is 1. The molecular weight excluding hydrogens is 234 g/mol. The molecule has 3 heteroatoms. The molecule has 1 atom stereocenters. The fourth-order valence-corrected chi connectivity index (χ4v) is 2.00. The van der Waals surface area contributed by atoms with E-state index in [1.807, 2.05) is 48.5 Å². The zero-order chi connectivity index (χ0) is 12.3. The van der Waals surface area contributed by atoms with E-state index in [0.717, 1.165) is 11.1 Å². The summed E-state index contributed by atoms with van der Waals surface area (Å²) in [6.07, 6.45) is 0. The van der Waals surface area contributed by atoms with E-state index < -0.39 is 0 Å². The second-order valence-electron chi connectivity index (χ2n) is 3.78. The summed E-state index contributed by atoms with van der Waals surface area (Å²) in [7, 11) is 1.60. The number of nitrogens with two attached hydrogens (primary N) is 1.